The number of carbonyl (C=O) groups excluding carboxylic acids is 1. The normalized spacial score (nSPS) is 11.2. The van der Waals surface area contributed by atoms with Gasteiger partial charge in [0.05, 0.1) is 12.3 Å². The molecule has 0 saturated carbocycles. The number of phenolic OH excluding ortho intramolecular Hbond substituents is 1. The van der Waals surface area contributed by atoms with Crippen molar-refractivity contribution in [2.45, 2.75) is 13.8 Å². The number of aromatic nitrogens is 1. The molecule has 0 aliphatic rings. The highest BCUT2D eigenvalue weighted by Gasteiger charge is 2.11. The van der Waals surface area contributed by atoms with Crippen LogP contribution in [0.4, 0.5) is 5.13 Å². The fourth-order valence-corrected chi connectivity index (χ4v) is 2.17. The fourth-order valence-electron chi connectivity index (χ4n) is 1.55. The van der Waals surface area contributed by atoms with Gasteiger partial charge in [-0.2, -0.15) is 5.10 Å². The molecule has 21 heavy (non-hydrogen) atoms. The van der Waals surface area contributed by atoms with E-state index in [1.165, 1.54) is 11.3 Å². The summed E-state index contributed by atoms with van der Waals surface area (Å²) < 4.78 is 4.86. The van der Waals surface area contributed by atoms with E-state index in [1.54, 1.807) is 30.5 Å². The highest BCUT2D eigenvalue weighted by atomic mass is 32.1. The zero-order chi connectivity index (χ0) is 15.2. The lowest BCUT2D eigenvalue weighted by Gasteiger charge is -2.01. The van der Waals surface area contributed by atoms with Crippen LogP contribution in [0.3, 0.4) is 0 Å². The Morgan fingerprint density at radius 1 is 1.52 bits per heavy atom. The van der Waals surface area contributed by atoms with Crippen molar-refractivity contribution in [3.8, 4) is 5.75 Å². The molecule has 1 heterocycles. The smallest absolute Gasteiger partial charge is 0.357 e. The molecule has 2 rings (SSSR count). The molecule has 0 aliphatic heterocycles. The van der Waals surface area contributed by atoms with E-state index in [0.717, 1.165) is 5.56 Å². The summed E-state index contributed by atoms with van der Waals surface area (Å²) in [7, 11) is 0. The maximum Gasteiger partial charge on any atom is 0.357 e. The molecule has 6 nitrogen and oxygen atoms in total. The zero-order valence-electron chi connectivity index (χ0n) is 11.7. The number of rotatable bonds is 5. The average Bonchev–Trinajstić information content (AvgIpc) is 2.94. The van der Waals surface area contributed by atoms with E-state index in [-0.39, 0.29) is 11.4 Å². The molecule has 0 unspecified atom stereocenters. The Hall–Kier alpha value is -2.41. The average molecular weight is 305 g/mol. The number of hydrogen-bond acceptors (Lipinski definition) is 7. The summed E-state index contributed by atoms with van der Waals surface area (Å²) in [6.07, 6.45) is 0. The number of carbonyl (C=O) groups is 1. The molecule has 0 aliphatic carbocycles. The second-order valence-corrected chi connectivity index (χ2v) is 4.98. The van der Waals surface area contributed by atoms with Crippen LogP contribution in [0.15, 0.2) is 34.7 Å². The number of anilines is 1. The summed E-state index contributed by atoms with van der Waals surface area (Å²) in [5.74, 6) is -0.267. The maximum absolute atomic E-state index is 11.5. The fraction of sp³-hybridized carbons (Fsp3) is 0.214. The minimum absolute atomic E-state index is 0.181. The van der Waals surface area contributed by atoms with Crippen molar-refractivity contribution < 1.29 is 14.6 Å². The van der Waals surface area contributed by atoms with E-state index in [9.17, 15) is 9.90 Å². The molecular weight excluding hydrogens is 290 g/mol. The predicted octanol–water partition coefficient (Wildman–Crippen LogP) is 2.86. The Morgan fingerprint density at radius 2 is 2.33 bits per heavy atom. The number of hydrogen-bond donors (Lipinski definition) is 2. The Morgan fingerprint density at radius 3 is 3.05 bits per heavy atom. The monoisotopic (exact) mass is 305 g/mol. The largest absolute Gasteiger partial charge is 0.508 e. The summed E-state index contributed by atoms with van der Waals surface area (Å²) in [4.78, 5) is 15.6. The van der Waals surface area contributed by atoms with Crippen LogP contribution in [-0.2, 0) is 4.74 Å². The Labute approximate surface area is 126 Å². The van der Waals surface area contributed by atoms with Gasteiger partial charge < -0.3 is 9.84 Å². The van der Waals surface area contributed by atoms with Crippen LogP contribution in [-0.4, -0.2) is 28.4 Å². The van der Waals surface area contributed by atoms with Gasteiger partial charge in [-0.3, -0.25) is 5.43 Å². The molecule has 110 valence electrons. The first-order chi connectivity index (χ1) is 10.1. The second-order valence-electron chi connectivity index (χ2n) is 4.12. The Kier molecular flexibility index (Phi) is 4.89. The lowest BCUT2D eigenvalue weighted by Crippen LogP contribution is -2.05. The van der Waals surface area contributed by atoms with Gasteiger partial charge in [0.25, 0.3) is 0 Å². The van der Waals surface area contributed by atoms with Crippen molar-refractivity contribution in [3.63, 3.8) is 0 Å². The Balaban J connectivity index is 2.05. The summed E-state index contributed by atoms with van der Waals surface area (Å²) in [5, 5.41) is 15.7. The SMILES string of the molecule is CCOC(=O)c1csc(N/N=C(\C)c2cccc(O)c2)n1. The highest BCUT2D eigenvalue weighted by Crippen LogP contribution is 2.17. The van der Waals surface area contributed by atoms with Crippen molar-refractivity contribution >= 4 is 28.1 Å². The third-order valence-electron chi connectivity index (χ3n) is 2.57. The number of nitrogens with one attached hydrogen (secondary N) is 1. The number of nitrogens with zero attached hydrogens (tertiary/aromatic N) is 2. The van der Waals surface area contributed by atoms with Crippen molar-refractivity contribution in [1.29, 1.82) is 0 Å². The molecule has 1 aromatic carbocycles. The van der Waals surface area contributed by atoms with E-state index in [2.05, 4.69) is 15.5 Å². The van der Waals surface area contributed by atoms with Gasteiger partial charge in [-0.25, -0.2) is 9.78 Å². The van der Waals surface area contributed by atoms with Crippen molar-refractivity contribution in [2.24, 2.45) is 5.10 Å². The highest BCUT2D eigenvalue weighted by molar-refractivity contribution is 7.13. The molecule has 0 bridgehead atoms. The number of aromatic hydroxyl groups is 1. The summed E-state index contributed by atoms with van der Waals surface area (Å²) in [6.45, 7) is 3.86. The van der Waals surface area contributed by atoms with Gasteiger partial charge in [0.2, 0.25) is 5.13 Å². The minimum atomic E-state index is -0.449. The molecular formula is C14H15N3O3S. The van der Waals surface area contributed by atoms with Gasteiger partial charge in [-0.15, -0.1) is 11.3 Å². The lowest BCUT2D eigenvalue weighted by molar-refractivity contribution is 0.0520. The number of phenols is 1. The molecule has 0 atom stereocenters. The minimum Gasteiger partial charge on any atom is -0.508 e. The van der Waals surface area contributed by atoms with Gasteiger partial charge in [0.15, 0.2) is 5.69 Å². The van der Waals surface area contributed by atoms with Crippen molar-refractivity contribution in [1.82, 2.24) is 4.98 Å². The van der Waals surface area contributed by atoms with Gasteiger partial charge >= 0.3 is 5.97 Å². The molecule has 0 amide bonds. The quantitative estimate of drug-likeness (QED) is 0.504. The van der Waals surface area contributed by atoms with E-state index in [1.807, 2.05) is 13.0 Å². The van der Waals surface area contributed by atoms with E-state index in [4.69, 9.17) is 4.74 Å². The lowest BCUT2D eigenvalue weighted by atomic mass is 10.1. The summed E-state index contributed by atoms with van der Waals surface area (Å²) in [5.41, 5.74) is 4.53. The van der Waals surface area contributed by atoms with Gasteiger partial charge in [-0.05, 0) is 26.0 Å². The van der Waals surface area contributed by atoms with E-state index >= 15 is 0 Å². The molecule has 2 aromatic rings. The molecule has 1 aromatic heterocycles. The van der Waals surface area contributed by atoms with Crippen LogP contribution in [0.2, 0.25) is 0 Å². The van der Waals surface area contributed by atoms with E-state index in [0.29, 0.717) is 17.5 Å². The topological polar surface area (TPSA) is 83.8 Å². The van der Waals surface area contributed by atoms with Crippen molar-refractivity contribution in [2.75, 3.05) is 12.0 Å². The maximum atomic E-state index is 11.5. The van der Waals surface area contributed by atoms with Crippen LogP contribution < -0.4 is 5.43 Å². The molecule has 0 radical (unpaired) electrons. The number of thiazole rings is 1. The van der Waals surface area contributed by atoms with E-state index < -0.39 is 5.97 Å². The predicted molar refractivity (Wildman–Crippen MR) is 82.0 cm³/mol. The van der Waals surface area contributed by atoms with Crippen LogP contribution in [0.1, 0.15) is 29.9 Å². The summed E-state index contributed by atoms with van der Waals surface area (Å²) in [6, 6.07) is 6.79. The molecule has 0 saturated heterocycles. The van der Waals surface area contributed by atoms with Gasteiger partial charge in [-0.1, -0.05) is 12.1 Å². The standard InChI is InChI=1S/C14H15N3O3S/c1-3-20-13(19)12-8-21-14(15-12)17-16-9(2)10-5-4-6-11(18)7-10/h4-8,18H,3H2,1-2H3,(H,15,17)/b16-9+. The zero-order valence-corrected chi connectivity index (χ0v) is 12.5. The third kappa shape index (κ3) is 4.03. The second kappa shape index (κ2) is 6.85. The number of ether oxygens (including phenoxy) is 1. The van der Waals surface area contributed by atoms with Crippen LogP contribution >= 0.6 is 11.3 Å². The molecule has 0 fully saturated rings. The van der Waals surface area contributed by atoms with Crippen LogP contribution in [0.5, 0.6) is 5.75 Å². The van der Waals surface area contributed by atoms with Crippen LogP contribution in [0.25, 0.3) is 0 Å². The number of benzene rings is 1. The van der Waals surface area contributed by atoms with Crippen LogP contribution in [0, 0.1) is 0 Å². The first kappa shape index (κ1) is 15.0. The number of esters is 1. The Bertz CT molecular complexity index is 667. The first-order valence-corrected chi connectivity index (χ1v) is 7.20. The first-order valence-electron chi connectivity index (χ1n) is 6.32. The number of hydrazone groups is 1. The van der Waals surface area contributed by atoms with Crippen molar-refractivity contribution in [3.05, 3.63) is 40.9 Å². The third-order valence-corrected chi connectivity index (χ3v) is 3.32. The molecule has 0 spiro atoms. The van der Waals surface area contributed by atoms with Gasteiger partial charge in [0, 0.05) is 10.9 Å². The molecule has 7 heteroatoms. The molecule has 2 N–H and O–H groups in total. The summed E-state index contributed by atoms with van der Waals surface area (Å²) >= 11 is 1.26. The van der Waals surface area contributed by atoms with Gasteiger partial charge in [0.1, 0.15) is 5.75 Å².